The Bertz CT molecular complexity index is 1210. The van der Waals surface area contributed by atoms with Gasteiger partial charge in [0.05, 0.1) is 5.69 Å². The minimum absolute atomic E-state index is 0.0367. The van der Waals surface area contributed by atoms with Gasteiger partial charge in [-0.25, -0.2) is 0 Å². The van der Waals surface area contributed by atoms with Crippen molar-refractivity contribution < 1.29 is 14.8 Å². The molecule has 1 aliphatic rings. The zero-order valence-electron chi connectivity index (χ0n) is 19.3. The number of benzene rings is 3. The number of carbonyl (C=O) groups is 2. The molecule has 2 amide bonds. The summed E-state index contributed by atoms with van der Waals surface area (Å²) < 4.78 is 0. The van der Waals surface area contributed by atoms with E-state index < -0.39 is 5.92 Å². The second-order valence-electron chi connectivity index (χ2n) is 8.14. The lowest BCUT2D eigenvalue weighted by atomic mass is 9.79. The summed E-state index contributed by atoms with van der Waals surface area (Å²) in [6.07, 6.45) is 0. The molecular formula is C27H25N4O4-. The predicted octanol–water partition coefficient (Wildman–Crippen LogP) is 4.89. The Labute approximate surface area is 203 Å². The zero-order chi connectivity index (χ0) is 24.9. The van der Waals surface area contributed by atoms with Gasteiger partial charge in [0.2, 0.25) is 0 Å². The van der Waals surface area contributed by atoms with E-state index in [4.69, 9.17) is 0 Å². The third-order valence-electron chi connectivity index (χ3n) is 5.76. The Morgan fingerprint density at radius 3 is 1.60 bits per heavy atom. The van der Waals surface area contributed by atoms with Gasteiger partial charge in [0.15, 0.2) is 0 Å². The van der Waals surface area contributed by atoms with Crippen molar-refractivity contribution in [1.82, 2.24) is 5.32 Å². The fourth-order valence-corrected chi connectivity index (χ4v) is 4.16. The summed E-state index contributed by atoms with van der Waals surface area (Å²) in [6.45, 7) is 3.56. The van der Waals surface area contributed by atoms with Crippen molar-refractivity contribution >= 4 is 28.9 Å². The zero-order valence-corrected chi connectivity index (χ0v) is 19.3. The van der Waals surface area contributed by atoms with Gasteiger partial charge in [0, 0.05) is 39.8 Å². The van der Waals surface area contributed by atoms with Crippen LogP contribution >= 0.6 is 0 Å². The summed E-state index contributed by atoms with van der Waals surface area (Å²) >= 11 is 0. The topological polar surface area (TPSA) is 117 Å². The molecule has 0 bridgehead atoms. The van der Waals surface area contributed by atoms with Crippen molar-refractivity contribution in [1.29, 1.82) is 0 Å². The summed E-state index contributed by atoms with van der Waals surface area (Å²) in [7, 11) is 0. The lowest BCUT2D eigenvalue weighted by Gasteiger charge is -2.32. The third-order valence-corrected chi connectivity index (χ3v) is 5.76. The maximum atomic E-state index is 13.5. The summed E-state index contributed by atoms with van der Waals surface area (Å²) in [5.74, 6) is -1.45. The van der Waals surface area contributed by atoms with E-state index in [1.807, 2.05) is 36.4 Å². The van der Waals surface area contributed by atoms with Gasteiger partial charge in [0.25, 0.3) is 11.8 Å². The van der Waals surface area contributed by atoms with E-state index in [2.05, 4.69) is 16.0 Å². The number of amides is 2. The minimum Gasteiger partial charge on any atom is -0.733 e. The molecule has 0 saturated heterocycles. The molecule has 3 aromatic carbocycles. The Hall–Kier alpha value is -4.40. The number of hydrogen-bond acceptors (Lipinski definition) is 6. The normalized spacial score (nSPS) is 13.8. The molecule has 0 spiro atoms. The second kappa shape index (κ2) is 10.3. The van der Waals surface area contributed by atoms with Crippen LogP contribution in [0.1, 0.15) is 25.3 Å². The van der Waals surface area contributed by atoms with Gasteiger partial charge in [-0.1, -0.05) is 48.5 Å². The molecule has 0 unspecified atom stereocenters. The second-order valence-corrected chi connectivity index (χ2v) is 8.14. The molecule has 0 radical (unpaired) electrons. The number of dihydropyridines is 1. The van der Waals surface area contributed by atoms with Crippen LogP contribution < -0.4 is 21.2 Å². The number of para-hydroxylation sites is 2. The van der Waals surface area contributed by atoms with Crippen LogP contribution in [0.25, 0.3) is 0 Å². The summed E-state index contributed by atoms with van der Waals surface area (Å²) in [6, 6.07) is 24.2. The number of nitrogens with zero attached hydrogens (tertiary/aromatic N) is 1. The molecule has 0 atom stereocenters. The van der Waals surface area contributed by atoms with Gasteiger partial charge < -0.3 is 26.4 Å². The Kier molecular flexibility index (Phi) is 6.96. The summed E-state index contributed by atoms with van der Waals surface area (Å²) in [4.78, 5) is 27.0. The lowest BCUT2D eigenvalue weighted by Crippen LogP contribution is -2.35. The first-order valence-electron chi connectivity index (χ1n) is 11.0. The first-order valence-corrected chi connectivity index (χ1v) is 11.0. The molecule has 4 rings (SSSR count). The fraction of sp³-hybridized carbons (Fsp3) is 0.111. The highest BCUT2D eigenvalue weighted by Gasteiger charge is 2.36. The van der Waals surface area contributed by atoms with E-state index >= 15 is 0 Å². The number of carbonyl (C=O) groups excluding carboxylic acids is 2. The van der Waals surface area contributed by atoms with Crippen molar-refractivity contribution in [3.05, 3.63) is 118 Å². The van der Waals surface area contributed by atoms with Crippen LogP contribution in [0.4, 0.5) is 17.1 Å². The molecule has 1 heterocycles. The van der Waals surface area contributed by atoms with E-state index in [1.165, 1.54) is 12.1 Å². The highest BCUT2D eigenvalue weighted by Crippen LogP contribution is 2.39. The van der Waals surface area contributed by atoms with Crippen LogP contribution in [-0.4, -0.2) is 17.0 Å². The minimum atomic E-state index is -0.725. The van der Waals surface area contributed by atoms with Crippen LogP contribution in [0.15, 0.2) is 107 Å². The first kappa shape index (κ1) is 23.7. The third kappa shape index (κ3) is 5.24. The fourth-order valence-electron chi connectivity index (χ4n) is 4.16. The molecule has 0 aliphatic carbocycles. The van der Waals surface area contributed by atoms with Gasteiger partial charge in [-0.2, -0.15) is 0 Å². The molecule has 8 heteroatoms. The molecule has 3 aromatic rings. The van der Waals surface area contributed by atoms with Crippen molar-refractivity contribution in [2.75, 3.05) is 15.9 Å². The Balaban J connectivity index is 1.77. The molecule has 178 valence electrons. The lowest BCUT2D eigenvalue weighted by molar-refractivity contribution is -0.113. The van der Waals surface area contributed by atoms with Crippen molar-refractivity contribution in [2.45, 2.75) is 19.8 Å². The molecule has 1 aliphatic heterocycles. The number of anilines is 3. The quantitative estimate of drug-likeness (QED) is 0.382. The highest BCUT2D eigenvalue weighted by molar-refractivity contribution is 6.11. The van der Waals surface area contributed by atoms with Crippen LogP contribution in [0.2, 0.25) is 0 Å². The monoisotopic (exact) mass is 469 g/mol. The van der Waals surface area contributed by atoms with Gasteiger partial charge >= 0.3 is 0 Å². The number of rotatable bonds is 6. The number of nitrogens with one attached hydrogen (secondary N) is 3. The molecular weight excluding hydrogens is 444 g/mol. The van der Waals surface area contributed by atoms with Crippen molar-refractivity contribution in [3.8, 4) is 0 Å². The van der Waals surface area contributed by atoms with Gasteiger partial charge in [-0.3, -0.25) is 14.8 Å². The van der Waals surface area contributed by atoms with E-state index in [0.717, 1.165) is 0 Å². The van der Waals surface area contributed by atoms with E-state index in [0.29, 0.717) is 39.5 Å². The van der Waals surface area contributed by atoms with Crippen LogP contribution in [-0.2, 0) is 9.59 Å². The smallest absolute Gasteiger partial charge is 0.254 e. The summed E-state index contributed by atoms with van der Waals surface area (Å²) in [5, 5.41) is 29.3. The van der Waals surface area contributed by atoms with Crippen LogP contribution in [0, 0.1) is 5.21 Å². The average Bonchev–Trinajstić information content (AvgIpc) is 2.84. The largest absolute Gasteiger partial charge is 0.733 e. The maximum Gasteiger partial charge on any atom is 0.254 e. The maximum absolute atomic E-state index is 13.5. The molecule has 0 saturated carbocycles. The number of allylic oxidation sites excluding steroid dienone is 2. The molecule has 35 heavy (non-hydrogen) atoms. The van der Waals surface area contributed by atoms with Crippen LogP contribution in [0.5, 0.6) is 0 Å². The molecule has 0 fully saturated rings. The Morgan fingerprint density at radius 1 is 0.771 bits per heavy atom. The molecule has 0 aromatic heterocycles. The van der Waals surface area contributed by atoms with Gasteiger partial charge in [-0.05, 0) is 55.8 Å². The highest BCUT2D eigenvalue weighted by atomic mass is 16.8. The van der Waals surface area contributed by atoms with Crippen molar-refractivity contribution in [2.24, 2.45) is 0 Å². The Morgan fingerprint density at radius 2 is 1.20 bits per heavy atom. The summed E-state index contributed by atoms with van der Waals surface area (Å²) in [5.41, 5.74) is 3.85. The van der Waals surface area contributed by atoms with Gasteiger partial charge in [0.1, 0.15) is 0 Å². The number of hydrogen-bond donors (Lipinski definition) is 4. The SMILES string of the molecule is CC1=C(C(=O)Nc2ccccc2)C(c2ccc(N([O-])O)cc2)C(C(=O)Nc2ccccc2)=C(C)N1. The molecule has 4 N–H and O–H groups in total. The van der Waals surface area contributed by atoms with Crippen molar-refractivity contribution in [3.63, 3.8) is 0 Å². The van der Waals surface area contributed by atoms with E-state index in [9.17, 15) is 20.0 Å². The van der Waals surface area contributed by atoms with E-state index in [-0.39, 0.29) is 22.7 Å². The van der Waals surface area contributed by atoms with E-state index in [1.54, 1.807) is 50.2 Å². The predicted molar refractivity (Wildman–Crippen MR) is 135 cm³/mol. The average molecular weight is 470 g/mol. The standard InChI is InChI=1S/C27H25N4O4/c1-17-23(26(32)29-20-9-5-3-6-10-20)25(19-13-15-22(16-14-19)31(34)35)24(18(2)28-17)27(33)30-21-11-7-4-8-12-21/h3-16,25,28,34H,1-2H3,(H,29,32)(H,30,33)/q-1. The van der Waals surface area contributed by atoms with Gasteiger partial charge in [-0.15, -0.1) is 0 Å². The van der Waals surface area contributed by atoms with Crippen LogP contribution in [0.3, 0.4) is 0 Å². The molecule has 8 nitrogen and oxygen atoms in total. The first-order chi connectivity index (χ1) is 16.8.